The van der Waals surface area contributed by atoms with Crippen molar-refractivity contribution in [2.75, 3.05) is 12.4 Å². The molecule has 5 heteroatoms. The molecule has 1 aromatic heterocycles. The first-order valence-electron chi connectivity index (χ1n) is 6.72. The molecule has 0 spiro atoms. The number of fused-ring (bicyclic) bond motifs is 1. The molecule has 0 unspecified atom stereocenters. The normalized spacial score (nSPS) is 10.4. The molecule has 0 radical (unpaired) electrons. The Kier molecular flexibility index (Phi) is 3.62. The van der Waals surface area contributed by atoms with Crippen molar-refractivity contribution < 1.29 is 14.6 Å². The Hall–Kier alpha value is -3.08. The third kappa shape index (κ3) is 2.44. The molecular formula is C17H14N2O3. The lowest BCUT2D eigenvalue weighted by Gasteiger charge is -2.14. The van der Waals surface area contributed by atoms with E-state index in [0.29, 0.717) is 16.6 Å². The van der Waals surface area contributed by atoms with Crippen LogP contribution >= 0.6 is 0 Å². The number of nitrogens with zero attached hydrogens (tertiary/aromatic N) is 1. The number of rotatable bonds is 3. The van der Waals surface area contributed by atoms with Gasteiger partial charge in [-0.2, -0.15) is 0 Å². The number of ether oxygens (including phenoxy) is 1. The number of esters is 1. The van der Waals surface area contributed by atoms with Crippen molar-refractivity contribution in [3.63, 3.8) is 0 Å². The number of pyridine rings is 1. The summed E-state index contributed by atoms with van der Waals surface area (Å²) in [4.78, 5) is 16.3. The molecule has 0 aliphatic carbocycles. The van der Waals surface area contributed by atoms with Crippen LogP contribution < -0.4 is 5.32 Å². The number of phenols is 1. The van der Waals surface area contributed by atoms with E-state index >= 15 is 0 Å². The van der Waals surface area contributed by atoms with Crippen LogP contribution in [-0.2, 0) is 4.74 Å². The van der Waals surface area contributed by atoms with Gasteiger partial charge in [-0.3, -0.25) is 4.98 Å². The second-order valence-electron chi connectivity index (χ2n) is 4.70. The molecule has 0 amide bonds. The summed E-state index contributed by atoms with van der Waals surface area (Å²) in [6.07, 6.45) is 1.61. The maximum Gasteiger partial charge on any atom is 0.340 e. The maximum atomic E-state index is 12.0. The number of aromatic hydroxyl groups is 1. The van der Waals surface area contributed by atoms with Crippen LogP contribution in [0.1, 0.15) is 10.4 Å². The van der Waals surface area contributed by atoms with Crippen molar-refractivity contribution in [3.05, 3.63) is 60.3 Å². The Bertz CT molecular complexity index is 832. The summed E-state index contributed by atoms with van der Waals surface area (Å²) in [5.74, 6) is -0.552. The maximum absolute atomic E-state index is 12.0. The molecule has 3 aromatic rings. The van der Waals surface area contributed by atoms with Crippen LogP contribution in [0.2, 0.25) is 0 Å². The van der Waals surface area contributed by atoms with Gasteiger partial charge in [0.05, 0.1) is 23.9 Å². The van der Waals surface area contributed by atoms with E-state index in [1.54, 1.807) is 18.3 Å². The average Bonchev–Trinajstić information content (AvgIpc) is 2.57. The summed E-state index contributed by atoms with van der Waals surface area (Å²) in [6.45, 7) is 0. The number of aromatic nitrogens is 1. The van der Waals surface area contributed by atoms with E-state index in [2.05, 4.69) is 10.3 Å². The van der Waals surface area contributed by atoms with Crippen LogP contribution in [-0.4, -0.2) is 23.2 Å². The second kappa shape index (κ2) is 5.73. The van der Waals surface area contributed by atoms with Crippen LogP contribution in [0.3, 0.4) is 0 Å². The largest absolute Gasteiger partial charge is 0.507 e. The number of hydrogen-bond acceptors (Lipinski definition) is 5. The summed E-state index contributed by atoms with van der Waals surface area (Å²) in [6, 6.07) is 14.3. The van der Waals surface area contributed by atoms with E-state index in [4.69, 9.17) is 4.74 Å². The second-order valence-corrected chi connectivity index (χ2v) is 4.70. The van der Waals surface area contributed by atoms with E-state index in [0.717, 1.165) is 5.69 Å². The summed E-state index contributed by atoms with van der Waals surface area (Å²) < 4.78 is 4.80. The van der Waals surface area contributed by atoms with Crippen LogP contribution in [0, 0.1) is 0 Å². The van der Waals surface area contributed by atoms with E-state index in [1.807, 2.05) is 30.3 Å². The van der Waals surface area contributed by atoms with Crippen molar-refractivity contribution in [3.8, 4) is 5.75 Å². The molecule has 0 aliphatic rings. The molecular weight excluding hydrogens is 280 g/mol. The zero-order chi connectivity index (χ0) is 15.5. The summed E-state index contributed by atoms with van der Waals surface area (Å²) in [5.41, 5.74) is 2.05. The summed E-state index contributed by atoms with van der Waals surface area (Å²) >= 11 is 0. The van der Waals surface area contributed by atoms with Gasteiger partial charge in [-0.05, 0) is 30.3 Å². The number of carbonyl (C=O) groups is 1. The Morgan fingerprint density at radius 2 is 1.95 bits per heavy atom. The fourth-order valence-electron chi connectivity index (χ4n) is 2.29. The van der Waals surface area contributed by atoms with Crippen LogP contribution in [0.4, 0.5) is 11.4 Å². The summed E-state index contributed by atoms with van der Waals surface area (Å²) in [5, 5.41) is 13.9. The molecule has 110 valence electrons. The highest BCUT2D eigenvalue weighted by atomic mass is 16.5. The molecule has 5 nitrogen and oxygen atoms in total. The lowest BCUT2D eigenvalue weighted by atomic mass is 10.1. The van der Waals surface area contributed by atoms with Gasteiger partial charge >= 0.3 is 5.97 Å². The first-order valence-corrected chi connectivity index (χ1v) is 6.72. The number of anilines is 2. The third-order valence-electron chi connectivity index (χ3n) is 3.32. The van der Waals surface area contributed by atoms with E-state index < -0.39 is 5.97 Å². The predicted molar refractivity (Wildman–Crippen MR) is 84.5 cm³/mol. The first kappa shape index (κ1) is 13.9. The number of methoxy groups -OCH3 is 1. The minimum atomic E-state index is -0.540. The standard InChI is InChI=1S/C17H14N2O3/c1-22-17(21)13-10-14(20)12-8-5-9-18-15(12)16(13)19-11-6-3-2-4-7-11/h2-10,19-20H,1H3. The molecule has 0 bridgehead atoms. The van der Waals surface area contributed by atoms with Gasteiger partial charge in [0, 0.05) is 17.3 Å². The Morgan fingerprint density at radius 1 is 1.18 bits per heavy atom. The van der Waals surface area contributed by atoms with Gasteiger partial charge in [-0.25, -0.2) is 4.79 Å². The van der Waals surface area contributed by atoms with E-state index in [-0.39, 0.29) is 11.3 Å². The lowest BCUT2D eigenvalue weighted by Crippen LogP contribution is -2.07. The van der Waals surface area contributed by atoms with Crippen molar-refractivity contribution in [2.24, 2.45) is 0 Å². The van der Waals surface area contributed by atoms with Crippen molar-refractivity contribution in [2.45, 2.75) is 0 Å². The highest BCUT2D eigenvalue weighted by molar-refractivity contribution is 6.08. The quantitative estimate of drug-likeness (QED) is 0.571. The first-order chi connectivity index (χ1) is 10.7. The molecule has 22 heavy (non-hydrogen) atoms. The minimum Gasteiger partial charge on any atom is -0.507 e. The lowest BCUT2D eigenvalue weighted by molar-refractivity contribution is 0.0601. The monoisotopic (exact) mass is 294 g/mol. The number of carbonyl (C=O) groups excluding carboxylic acids is 1. The van der Waals surface area contributed by atoms with Crippen molar-refractivity contribution >= 4 is 28.2 Å². The van der Waals surface area contributed by atoms with E-state index in [9.17, 15) is 9.90 Å². The number of para-hydroxylation sites is 1. The van der Waals surface area contributed by atoms with Gasteiger partial charge in [0.15, 0.2) is 0 Å². The number of nitrogens with one attached hydrogen (secondary N) is 1. The van der Waals surface area contributed by atoms with Gasteiger partial charge in [0.25, 0.3) is 0 Å². The van der Waals surface area contributed by atoms with Crippen molar-refractivity contribution in [1.29, 1.82) is 0 Å². The van der Waals surface area contributed by atoms with Gasteiger partial charge in [0.1, 0.15) is 5.75 Å². The molecule has 0 saturated carbocycles. The van der Waals surface area contributed by atoms with Crippen LogP contribution in [0.15, 0.2) is 54.7 Å². The smallest absolute Gasteiger partial charge is 0.340 e. The van der Waals surface area contributed by atoms with E-state index in [1.165, 1.54) is 13.2 Å². The van der Waals surface area contributed by atoms with Crippen LogP contribution in [0.25, 0.3) is 10.9 Å². The molecule has 1 heterocycles. The average molecular weight is 294 g/mol. The predicted octanol–water partition coefficient (Wildman–Crippen LogP) is 3.47. The fraction of sp³-hybridized carbons (Fsp3) is 0.0588. The Balaban J connectivity index is 2.24. The molecule has 0 aliphatic heterocycles. The highest BCUT2D eigenvalue weighted by Crippen LogP contribution is 2.35. The van der Waals surface area contributed by atoms with Gasteiger partial charge in [-0.15, -0.1) is 0 Å². The number of phenolic OH excluding ortho intramolecular Hbond substituents is 1. The van der Waals surface area contributed by atoms with Crippen LogP contribution in [0.5, 0.6) is 5.75 Å². The van der Waals surface area contributed by atoms with Gasteiger partial charge < -0.3 is 15.2 Å². The number of benzene rings is 2. The molecule has 3 rings (SSSR count). The summed E-state index contributed by atoms with van der Waals surface area (Å²) in [7, 11) is 1.30. The third-order valence-corrected chi connectivity index (χ3v) is 3.32. The Labute approximate surface area is 127 Å². The topological polar surface area (TPSA) is 71.5 Å². The van der Waals surface area contributed by atoms with Crippen molar-refractivity contribution in [1.82, 2.24) is 4.98 Å². The molecule has 2 aromatic carbocycles. The minimum absolute atomic E-state index is 0.0119. The molecule has 2 N–H and O–H groups in total. The zero-order valence-electron chi connectivity index (χ0n) is 11.9. The SMILES string of the molecule is COC(=O)c1cc(O)c2cccnc2c1Nc1ccccc1. The highest BCUT2D eigenvalue weighted by Gasteiger charge is 2.19. The molecule has 0 saturated heterocycles. The van der Waals surface area contributed by atoms with Gasteiger partial charge in [0.2, 0.25) is 0 Å². The zero-order valence-corrected chi connectivity index (χ0v) is 11.9. The van der Waals surface area contributed by atoms with Gasteiger partial charge in [-0.1, -0.05) is 18.2 Å². The molecule has 0 atom stereocenters. The number of hydrogen-bond donors (Lipinski definition) is 2. The Morgan fingerprint density at radius 3 is 2.68 bits per heavy atom. The molecule has 0 fully saturated rings. The fourth-order valence-corrected chi connectivity index (χ4v) is 2.29.